The molecule has 1 atom stereocenters. The van der Waals surface area contributed by atoms with Crippen molar-refractivity contribution in [3.05, 3.63) is 33.8 Å². The Kier molecular flexibility index (Phi) is 7.20. The van der Waals surface area contributed by atoms with Crippen molar-refractivity contribution in [2.24, 2.45) is 5.41 Å². The zero-order chi connectivity index (χ0) is 15.6. The first-order valence-electron chi connectivity index (χ1n) is 7.07. The smallest absolute Gasteiger partial charge is 0.145 e. The molecule has 1 heterocycles. The van der Waals surface area contributed by atoms with Crippen molar-refractivity contribution in [2.75, 3.05) is 32.8 Å². The average Bonchev–Trinajstić information content (AvgIpc) is 2.48. The van der Waals surface area contributed by atoms with Crippen LogP contribution < -0.4 is 5.32 Å². The van der Waals surface area contributed by atoms with Gasteiger partial charge in [0.2, 0.25) is 0 Å². The zero-order valence-electron chi connectivity index (χ0n) is 12.7. The van der Waals surface area contributed by atoms with E-state index >= 15 is 0 Å². The number of halogens is 4. The second-order valence-corrected chi connectivity index (χ2v) is 6.95. The molecular formula is C15H22BrClF2N2O. The van der Waals surface area contributed by atoms with Crippen molar-refractivity contribution in [1.82, 2.24) is 10.2 Å². The van der Waals surface area contributed by atoms with Gasteiger partial charge in [-0.25, -0.2) is 8.78 Å². The third kappa shape index (κ3) is 3.97. The van der Waals surface area contributed by atoms with Crippen LogP contribution in [0.15, 0.2) is 16.6 Å². The quantitative estimate of drug-likeness (QED) is 0.764. The molecule has 0 unspecified atom stereocenters. The molecule has 1 saturated heterocycles. The van der Waals surface area contributed by atoms with Gasteiger partial charge in [0, 0.05) is 49.8 Å². The second kappa shape index (κ2) is 8.02. The minimum absolute atomic E-state index is 0. The van der Waals surface area contributed by atoms with E-state index in [4.69, 9.17) is 0 Å². The van der Waals surface area contributed by atoms with E-state index in [2.05, 4.69) is 21.2 Å². The Balaban J connectivity index is 0.00000242. The molecule has 7 heteroatoms. The molecule has 3 nitrogen and oxygen atoms in total. The molecule has 0 spiro atoms. The van der Waals surface area contributed by atoms with Crippen LogP contribution in [-0.4, -0.2) is 42.8 Å². The van der Waals surface area contributed by atoms with Crippen molar-refractivity contribution >= 4 is 28.3 Å². The number of hydrogen-bond acceptors (Lipinski definition) is 3. The van der Waals surface area contributed by atoms with Crippen molar-refractivity contribution in [2.45, 2.75) is 19.9 Å². The highest BCUT2D eigenvalue weighted by Crippen LogP contribution is 2.41. The maximum atomic E-state index is 14.5. The van der Waals surface area contributed by atoms with E-state index in [0.29, 0.717) is 13.1 Å². The summed E-state index contributed by atoms with van der Waals surface area (Å²) in [6.45, 7) is 6.45. The van der Waals surface area contributed by atoms with Gasteiger partial charge in [0.15, 0.2) is 0 Å². The molecular weight excluding hydrogens is 378 g/mol. The van der Waals surface area contributed by atoms with Gasteiger partial charge in [0.05, 0.1) is 4.47 Å². The lowest BCUT2D eigenvalue weighted by Gasteiger charge is -2.43. The van der Waals surface area contributed by atoms with Crippen molar-refractivity contribution in [1.29, 1.82) is 0 Å². The Morgan fingerprint density at radius 3 is 2.45 bits per heavy atom. The predicted molar refractivity (Wildman–Crippen MR) is 89.4 cm³/mol. The van der Waals surface area contributed by atoms with Crippen LogP contribution in [0.4, 0.5) is 8.78 Å². The van der Waals surface area contributed by atoms with Gasteiger partial charge in [0.1, 0.15) is 11.6 Å². The van der Waals surface area contributed by atoms with Crippen molar-refractivity contribution < 1.29 is 13.9 Å². The number of piperazine rings is 1. The first-order valence-corrected chi connectivity index (χ1v) is 7.87. The minimum Gasteiger partial charge on any atom is -0.396 e. The predicted octanol–water partition coefficient (Wildman–Crippen LogP) is 3.11. The van der Waals surface area contributed by atoms with E-state index in [-0.39, 0.29) is 29.1 Å². The van der Waals surface area contributed by atoms with Gasteiger partial charge >= 0.3 is 0 Å². The van der Waals surface area contributed by atoms with Crippen LogP contribution in [0.5, 0.6) is 0 Å². The highest BCUT2D eigenvalue weighted by molar-refractivity contribution is 9.10. The molecule has 1 fully saturated rings. The molecule has 0 aliphatic carbocycles. The van der Waals surface area contributed by atoms with Gasteiger partial charge in [-0.05, 0) is 28.1 Å². The number of benzene rings is 1. The van der Waals surface area contributed by atoms with Crippen LogP contribution in [0, 0.1) is 17.0 Å². The summed E-state index contributed by atoms with van der Waals surface area (Å²) in [5.74, 6) is -1.15. The van der Waals surface area contributed by atoms with Crippen LogP contribution in [-0.2, 0) is 0 Å². The van der Waals surface area contributed by atoms with Gasteiger partial charge in [-0.1, -0.05) is 13.8 Å². The van der Waals surface area contributed by atoms with E-state index < -0.39 is 23.1 Å². The number of aliphatic hydroxyl groups is 1. The third-order valence-electron chi connectivity index (χ3n) is 4.02. The highest BCUT2D eigenvalue weighted by Gasteiger charge is 2.39. The van der Waals surface area contributed by atoms with E-state index in [1.165, 1.54) is 12.1 Å². The number of rotatable bonds is 4. The molecule has 0 bridgehead atoms. The molecule has 126 valence electrons. The Hall–Kier alpha value is -0.270. The van der Waals surface area contributed by atoms with Gasteiger partial charge < -0.3 is 10.4 Å². The van der Waals surface area contributed by atoms with Crippen LogP contribution in [0.25, 0.3) is 0 Å². The summed E-state index contributed by atoms with van der Waals surface area (Å²) >= 11 is 3.13. The fraction of sp³-hybridized carbons (Fsp3) is 0.600. The van der Waals surface area contributed by atoms with Gasteiger partial charge in [-0.15, -0.1) is 12.4 Å². The molecule has 0 aromatic heterocycles. The van der Waals surface area contributed by atoms with E-state index in [9.17, 15) is 13.9 Å². The molecule has 2 rings (SSSR count). The van der Waals surface area contributed by atoms with Crippen molar-refractivity contribution in [3.63, 3.8) is 0 Å². The number of hydrogen-bond donors (Lipinski definition) is 2. The molecule has 2 N–H and O–H groups in total. The van der Waals surface area contributed by atoms with E-state index in [0.717, 1.165) is 13.1 Å². The first-order chi connectivity index (χ1) is 9.88. The summed E-state index contributed by atoms with van der Waals surface area (Å²) in [5.41, 5.74) is -0.620. The van der Waals surface area contributed by atoms with Crippen LogP contribution in [0.1, 0.15) is 25.5 Å². The monoisotopic (exact) mass is 398 g/mol. The van der Waals surface area contributed by atoms with Crippen molar-refractivity contribution in [3.8, 4) is 0 Å². The molecule has 1 aromatic carbocycles. The minimum atomic E-state index is -0.653. The maximum Gasteiger partial charge on any atom is 0.145 e. The summed E-state index contributed by atoms with van der Waals surface area (Å²) in [6, 6.07) is 2.13. The lowest BCUT2D eigenvalue weighted by molar-refractivity contribution is 0.0265. The second-order valence-electron chi connectivity index (χ2n) is 6.09. The summed E-state index contributed by atoms with van der Waals surface area (Å²) < 4.78 is 29.1. The number of aliphatic hydroxyl groups excluding tert-OH is 1. The summed E-state index contributed by atoms with van der Waals surface area (Å²) in [5, 5.41) is 12.9. The topological polar surface area (TPSA) is 35.5 Å². The standard InChI is InChI=1S/C15H21BrF2N2O.ClH/c1-15(2,9-21)14(20-7-5-19-6-8-20)12-11(17)4-3-10(16)13(12)18;/h3-4,14,19,21H,5-9H2,1-2H3;1H/t14-;/m1./s1. The normalized spacial score (nSPS) is 17.9. The van der Waals surface area contributed by atoms with E-state index in [1.807, 2.05) is 18.7 Å². The van der Waals surface area contributed by atoms with Gasteiger partial charge in [0.25, 0.3) is 0 Å². The largest absolute Gasteiger partial charge is 0.396 e. The summed E-state index contributed by atoms with van der Waals surface area (Å²) in [6.07, 6.45) is 0. The van der Waals surface area contributed by atoms with Crippen LogP contribution >= 0.6 is 28.3 Å². The Labute approximate surface area is 144 Å². The zero-order valence-corrected chi connectivity index (χ0v) is 15.1. The fourth-order valence-corrected chi connectivity index (χ4v) is 3.23. The first kappa shape index (κ1) is 19.8. The highest BCUT2D eigenvalue weighted by atomic mass is 79.9. The maximum absolute atomic E-state index is 14.5. The Morgan fingerprint density at radius 1 is 1.32 bits per heavy atom. The lowest BCUT2D eigenvalue weighted by Crippen LogP contribution is -2.50. The SMILES string of the molecule is CC(C)(CO)[C@@H](c1c(F)ccc(Br)c1F)N1CCNCC1.Cl. The Morgan fingerprint density at radius 2 is 1.91 bits per heavy atom. The molecule has 0 saturated carbocycles. The lowest BCUT2D eigenvalue weighted by atomic mass is 9.79. The molecule has 0 amide bonds. The molecule has 0 radical (unpaired) electrons. The molecule has 1 aliphatic heterocycles. The molecule has 1 aliphatic rings. The summed E-state index contributed by atoms with van der Waals surface area (Å²) in [7, 11) is 0. The Bertz CT molecular complexity index is 511. The van der Waals surface area contributed by atoms with Crippen LogP contribution in [0.2, 0.25) is 0 Å². The fourth-order valence-electron chi connectivity index (χ4n) is 2.89. The summed E-state index contributed by atoms with van der Waals surface area (Å²) in [4.78, 5) is 2.04. The van der Waals surface area contributed by atoms with Crippen LogP contribution in [0.3, 0.4) is 0 Å². The molecule has 1 aromatic rings. The number of nitrogens with zero attached hydrogens (tertiary/aromatic N) is 1. The van der Waals surface area contributed by atoms with Gasteiger partial charge in [-0.3, -0.25) is 4.90 Å². The van der Waals surface area contributed by atoms with E-state index in [1.54, 1.807) is 0 Å². The number of nitrogens with one attached hydrogen (secondary N) is 1. The van der Waals surface area contributed by atoms with Gasteiger partial charge in [-0.2, -0.15) is 0 Å². The third-order valence-corrected chi connectivity index (χ3v) is 4.63. The average molecular weight is 400 g/mol. The molecule has 22 heavy (non-hydrogen) atoms.